The molecule has 3 aromatic rings. The van der Waals surface area contributed by atoms with Crippen LogP contribution in [0.3, 0.4) is 0 Å². The highest BCUT2D eigenvalue weighted by atomic mass is 79.9. The van der Waals surface area contributed by atoms with Gasteiger partial charge in [0.2, 0.25) is 0 Å². The van der Waals surface area contributed by atoms with Crippen molar-refractivity contribution in [3.8, 4) is 0 Å². The van der Waals surface area contributed by atoms with Gasteiger partial charge in [0, 0.05) is 27.1 Å². The van der Waals surface area contributed by atoms with Crippen molar-refractivity contribution in [2.45, 2.75) is 4.90 Å². The maximum absolute atomic E-state index is 4.14. The normalized spacial score (nSPS) is 9.76. The predicted octanol–water partition coefficient (Wildman–Crippen LogP) is 4.30. The molecular weight excluding hydrogens is 296 g/mol. The summed E-state index contributed by atoms with van der Waals surface area (Å²) >= 11 is 7.43. The van der Waals surface area contributed by atoms with E-state index in [-0.39, 0.29) is 0 Å². The molecule has 1 aromatic carbocycles. The van der Waals surface area contributed by atoms with E-state index in [0.29, 0.717) is 0 Å². The van der Waals surface area contributed by atoms with Gasteiger partial charge >= 0.3 is 0 Å². The first-order valence-corrected chi connectivity index (χ1v) is 6.32. The fourth-order valence-corrected chi connectivity index (χ4v) is 1.86. The van der Waals surface area contributed by atoms with Gasteiger partial charge in [-0.2, -0.15) is 0 Å². The van der Waals surface area contributed by atoms with Crippen LogP contribution in [0.25, 0.3) is 11.0 Å². The molecule has 0 aliphatic carbocycles. The lowest BCUT2D eigenvalue weighted by molar-refractivity contribution is 1.31. The number of aromatic amines is 1. The number of rotatable bonds is 0. The summed E-state index contributed by atoms with van der Waals surface area (Å²) in [6.07, 6.45) is 3.66. The standard InChI is InChI=1S/C7H5BrN2.C6H6S/c8-6-3-5-1-2-9-7(5)10-4-6;7-6-4-2-1-3-5-6/h1-4H,(H,9,10);1-5,7H. The molecule has 0 amide bonds. The Bertz CT molecular complexity index is 592. The molecule has 4 heteroatoms. The van der Waals surface area contributed by atoms with Gasteiger partial charge in [0.1, 0.15) is 5.65 Å². The van der Waals surface area contributed by atoms with Crippen molar-refractivity contribution < 1.29 is 0 Å². The number of nitrogens with zero attached hydrogens (tertiary/aromatic N) is 1. The third-order valence-electron chi connectivity index (χ3n) is 2.12. The van der Waals surface area contributed by atoms with E-state index in [4.69, 9.17) is 0 Å². The van der Waals surface area contributed by atoms with Crippen molar-refractivity contribution in [1.82, 2.24) is 9.97 Å². The zero-order valence-corrected chi connectivity index (χ0v) is 11.4. The van der Waals surface area contributed by atoms with Crippen LogP contribution in [0, 0.1) is 0 Å². The van der Waals surface area contributed by atoms with Crippen molar-refractivity contribution >= 4 is 39.6 Å². The minimum absolute atomic E-state index is 0.934. The summed E-state index contributed by atoms with van der Waals surface area (Å²) in [5.41, 5.74) is 0.934. The predicted molar refractivity (Wildman–Crippen MR) is 77.5 cm³/mol. The fraction of sp³-hybridized carbons (Fsp3) is 0. The third kappa shape index (κ3) is 3.61. The highest BCUT2D eigenvalue weighted by Crippen LogP contribution is 2.14. The summed E-state index contributed by atoms with van der Waals surface area (Å²) in [4.78, 5) is 8.17. The molecule has 0 saturated heterocycles. The number of aromatic nitrogens is 2. The molecule has 0 saturated carbocycles. The third-order valence-corrected chi connectivity index (χ3v) is 2.85. The monoisotopic (exact) mass is 306 g/mol. The minimum atomic E-state index is 0.934. The first-order valence-electron chi connectivity index (χ1n) is 5.08. The zero-order valence-electron chi connectivity index (χ0n) is 8.97. The van der Waals surface area contributed by atoms with Gasteiger partial charge in [0.25, 0.3) is 0 Å². The van der Waals surface area contributed by atoms with Crippen LogP contribution in [0.5, 0.6) is 0 Å². The highest BCUT2D eigenvalue weighted by Gasteiger charge is 1.93. The number of hydrogen-bond donors (Lipinski definition) is 2. The minimum Gasteiger partial charge on any atom is -0.346 e. The SMILES string of the molecule is Brc1cnc2[nH]ccc2c1.Sc1ccccc1. The van der Waals surface area contributed by atoms with Gasteiger partial charge in [0.05, 0.1) is 0 Å². The number of pyridine rings is 1. The number of fused-ring (bicyclic) bond motifs is 1. The van der Waals surface area contributed by atoms with Gasteiger partial charge in [0.15, 0.2) is 0 Å². The fourth-order valence-electron chi connectivity index (χ4n) is 1.34. The Hall–Kier alpha value is -1.26. The van der Waals surface area contributed by atoms with Crippen LogP contribution in [0.2, 0.25) is 0 Å². The largest absolute Gasteiger partial charge is 0.346 e. The van der Waals surface area contributed by atoms with Crippen LogP contribution in [-0.2, 0) is 0 Å². The molecule has 86 valence electrons. The van der Waals surface area contributed by atoms with Gasteiger partial charge in [-0.15, -0.1) is 12.6 Å². The number of H-pyrrole nitrogens is 1. The average molecular weight is 307 g/mol. The van der Waals surface area contributed by atoms with Gasteiger partial charge in [-0.1, -0.05) is 18.2 Å². The van der Waals surface area contributed by atoms with Gasteiger partial charge < -0.3 is 4.98 Å². The van der Waals surface area contributed by atoms with Gasteiger partial charge in [-0.25, -0.2) is 4.98 Å². The number of benzene rings is 1. The molecule has 0 spiro atoms. The molecule has 0 bridgehead atoms. The lowest BCUT2D eigenvalue weighted by Gasteiger charge is -1.88. The second-order valence-corrected chi connectivity index (χ2v) is 4.84. The number of nitrogens with one attached hydrogen (secondary N) is 1. The summed E-state index contributed by atoms with van der Waals surface area (Å²) in [6, 6.07) is 13.8. The van der Waals surface area contributed by atoms with Crippen molar-refractivity contribution in [3.05, 3.63) is 59.3 Å². The molecular formula is C13H11BrN2S. The van der Waals surface area contributed by atoms with Crippen LogP contribution >= 0.6 is 28.6 Å². The van der Waals surface area contributed by atoms with Crippen molar-refractivity contribution in [3.63, 3.8) is 0 Å². The lowest BCUT2D eigenvalue weighted by Crippen LogP contribution is -1.73. The summed E-state index contributed by atoms with van der Waals surface area (Å²) in [5.74, 6) is 0. The second-order valence-electron chi connectivity index (χ2n) is 3.40. The van der Waals surface area contributed by atoms with Crippen LogP contribution in [0.1, 0.15) is 0 Å². The quantitative estimate of drug-likeness (QED) is 0.596. The molecule has 2 heterocycles. The molecule has 0 aliphatic heterocycles. The number of halogens is 1. The van der Waals surface area contributed by atoms with E-state index in [9.17, 15) is 0 Å². The molecule has 0 unspecified atom stereocenters. The Morgan fingerprint density at radius 2 is 1.88 bits per heavy atom. The van der Waals surface area contributed by atoms with Crippen LogP contribution in [0.15, 0.2) is 64.2 Å². The number of thiol groups is 1. The molecule has 0 atom stereocenters. The molecule has 0 aliphatic rings. The van der Waals surface area contributed by atoms with E-state index >= 15 is 0 Å². The van der Waals surface area contributed by atoms with Crippen molar-refractivity contribution in [2.75, 3.05) is 0 Å². The Morgan fingerprint density at radius 1 is 1.12 bits per heavy atom. The zero-order chi connectivity index (χ0) is 12.1. The molecule has 0 radical (unpaired) electrons. The summed E-state index contributed by atoms with van der Waals surface area (Å²) in [7, 11) is 0. The van der Waals surface area contributed by atoms with E-state index in [1.807, 2.05) is 48.7 Å². The molecule has 17 heavy (non-hydrogen) atoms. The van der Waals surface area contributed by atoms with E-state index in [2.05, 4.69) is 38.5 Å². The van der Waals surface area contributed by atoms with Gasteiger partial charge in [-0.3, -0.25) is 0 Å². The average Bonchev–Trinajstić information content (AvgIpc) is 2.78. The van der Waals surface area contributed by atoms with Crippen LogP contribution in [-0.4, -0.2) is 9.97 Å². The highest BCUT2D eigenvalue weighted by molar-refractivity contribution is 9.10. The second kappa shape index (κ2) is 5.89. The Labute approximate surface area is 114 Å². The van der Waals surface area contributed by atoms with E-state index in [1.165, 1.54) is 0 Å². The maximum Gasteiger partial charge on any atom is 0.137 e. The molecule has 1 N–H and O–H groups in total. The van der Waals surface area contributed by atoms with Crippen molar-refractivity contribution in [1.29, 1.82) is 0 Å². The Morgan fingerprint density at radius 3 is 2.53 bits per heavy atom. The van der Waals surface area contributed by atoms with E-state index in [0.717, 1.165) is 20.4 Å². The smallest absolute Gasteiger partial charge is 0.137 e. The first kappa shape index (κ1) is 12.2. The molecule has 2 aromatic heterocycles. The lowest BCUT2D eigenvalue weighted by atomic mass is 10.3. The molecule has 2 nitrogen and oxygen atoms in total. The maximum atomic E-state index is 4.14. The Kier molecular flexibility index (Phi) is 4.23. The van der Waals surface area contributed by atoms with E-state index < -0.39 is 0 Å². The van der Waals surface area contributed by atoms with Gasteiger partial charge in [-0.05, 0) is 40.2 Å². The Balaban J connectivity index is 0.000000136. The van der Waals surface area contributed by atoms with Crippen molar-refractivity contribution in [2.24, 2.45) is 0 Å². The summed E-state index contributed by atoms with van der Waals surface area (Å²) < 4.78 is 1.01. The summed E-state index contributed by atoms with van der Waals surface area (Å²) in [6.45, 7) is 0. The number of hydrogen-bond acceptors (Lipinski definition) is 2. The topological polar surface area (TPSA) is 28.7 Å². The van der Waals surface area contributed by atoms with Crippen LogP contribution in [0.4, 0.5) is 0 Å². The molecule has 3 rings (SSSR count). The first-order chi connectivity index (χ1) is 8.25. The molecule has 0 fully saturated rings. The van der Waals surface area contributed by atoms with Crippen LogP contribution < -0.4 is 0 Å². The summed E-state index contributed by atoms with van der Waals surface area (Å²) in [5, 5.41) is 1.13. The van der Waals surface area contributed by atoms with E-state index in [1.54, 1.807) is 6.20 Å².